The lowest BCUT2D eigenvalue weighted by atomic mass is 9.99. The molecule has 1 rings (SSSR count). The molecule has 13 heavy (non-hydrogen) atoms. The Labute approximate surface area is 79.4 Å². The number of rotatable bonds is 2. The Morgan fingerprint density at radius 3 is 2.54 bits per heavy atom. The molecule has 4 atom stereocenters. The van der Waals surface area contributed by atoms with Gasteiger partial charge in [0.25, 0.3) is 0 Å². The summed E-state index contributed by atoms with van der Waals surface area (Å²) in [6.07, 6.45) is -0.0621. The first-order chi connectivity index (χ1) is 6.06. The van der Waals surface area contributed by atoms with Gasteiger partial charge in [-0.05, 0) is 21.0 Å². The third-order valence-corrected chi connectivity index (χ3v) is 2.60. The van der Waals surface area contributed by atoms with Crippen molar-refractivity contribution >= 4 is 0 Å². The molecule has 1 N–H and O–H groups in total. The van der Waals surface area contributed by atoms with Gasteiger partial charge in [0.05, 0.1) is 12.2 Å². The molecule has 0 aromatic carbocycles. The highest BCUT2D eigenvalue weighted by Gasteiger charge is 2.36. The molecule has 0 unspecified atom stereocenters. The Balaban J connectivity index is 2.60. The minimum atomic E-state index is -0.429. The van der Waals surface area contributed by atoms with E-state index in [0.717, 1.165) is 6.42 Å². The Bertz CT molecular complexity index is 163. The molecule has 0 aromatic rings. The van der Waals surface area contributed by atoms with E-state index in [0.29, 0.717) is 0 Å². The standard InChI is InChI=1S/C9H19NO3/c1-6-9(11)7(10(2)3)5-8(12-4)13-6/h6-9,11H,5H2,1-4H3/t6-,7+,8+,9-/m1/s1. The largest absolute Gasteiger partial charge is 0.389 e. The van der Waals surface area contributed by atoms with E-state index in [1.165, 1.54) is 0 Å². The summed E-state index contributed by atoms with van der Waals surface area (Å²) in [5.41, 5.74) is 0. The molecule has 0 saturated carbocycles. The summed E-state index contributed by atoms with van der Waals surface area (Å²) in [6, 6.07) is 0.119. The second-order valence-corrected chi connectivity index (χ2v) is 3.76. The normalized spacial score (nSPS) is 41.1. The maximum Gasteiger partial charge on any atom is 0.159 e. The fourth-order valence-electron chi connectivity index (χ4n) is 1.69. The van der Waals surface area contributed by atoms with Gasteiger partial charge in [-0.15, -0.1) is 0 Å². The monoisotopic (exact) mass is 189 g/mol. The maximum atomic E-state index is 9.80. The maximum absolute atomic E-state index is 9.80. The predicted octanol–water partition coefficient (Wildman–Crippen LogP) is 0.0588. The first-order valence-electron chi connectivity index (χ1n) is 4.59. The smallest absolute Gasteiger partial charge is 0.159 e. The van der Waals surface area contributed by atoms with Gasteiger partial charge in [-0.1, -0.05) is 0 Å². The van der Waals surface area contributed by atoms with Crippen LogP contribution < -0.4 is 0 Å². The molecule has 0 aliphatic carbocycles. The van der Waals surface area contributed by atoms with Crippen LogP contribution in [0.5, 0.6) is 0 Å². The third-order valence-electron chi connectivity index (χ3n) is 2.60. The lowest BCUT2D eigenvalue weighted by molar-refractivity contribution is -0.224. The fourth-order valence-corrected chi connectivity index (χ4v) is 1.69. The number of nitrogens with zero attached hydrogens (tertiary/aromatic N) is 1. The molecule has 1 aliphatic rings. The summed E-state index contributed by atoms with van der Waals surface area (Å²) in [4.78, 5) is 2.01. The zero-order valence-corrected chi connectivity index (χ0v) is 8.73. The van der Waals surface area contributed by atoms with Crippen LogP contribution in [0.25, 0.3) is 0 Å². The van der Waals surface area contributed by atoms with Crippen molar-refractivity contribution in [3.05, 3.63) is 0 Å². The van der Waals surface area contributed by atoms with Crippen molar-refractivity contribution in [2.75, 3.05) is 21.2 Å². The number of methoxy groups -OCH3 is 1. The number of aliphatic hydroxyl groups excluding tert-OH is 1. The zero-order valence-electron chi connectivity index (χ0n) is 8.73. The average Bonchev–Trinajstić information content (AvgIpc) is 2.09. The molecule has 78 valence electrons. The van der Waals surface area contributed by atoms with Gasteiger partial charge < -0.3 is 19.5 Å². The van der Waals surface area contributed by atoms with Crippen molar-refractivity contribution in [2.24, 2.45) is 0 Å². The quantitative estimate of drug-likeness (QED) is 0.667. The summed E-state index contributed by atoms with van der Waals surface area (Å²) in [5.74, 6) is 0. The van der Waals surface area contributed by atoms with E-state index in [-0.39, 0.29) is 18.4 Å². The topological polar surface area (TPSA) is 41.9 Å². The first-order valence-corrected chi connectivity index (χ1v) is 4.59. The Hall–Kier alpha value is -0.160. The van der Waals surface area contributed by atoms with E-state index in [4.69, 9.17) is 9.47 Å². The van der Waals surface area contributed by atoms with Crippen LogP contribution >= 0.6 is 0 Å². The molecule has 0 aromatic heterocycles. The van der Waals surface area contributed by atoms with E-state index >= 15 is 0 Å². The summed E-state index contributed by atoms with van der Waals surface area (Å²) in [6.45, 7) is 1.87. The molecule has 0 spiro atoms. The van der Waals surface area contributed by atoms with Gasteiger partial charge in [-0.25, -0.2) is 0 Å². The van der Waals surface area contributed by atoms with Crippen LogP contribution in [-0.2, 0) is 9.47 Å². The van der Waals surface area contributed by atoms with Gasteiger partial charge >= 0.3 is 0 Å². The molecule has 0 radical (unpaired) electrons. The van der Waals surface area contributed by atoms with Gasteiger partial charge in [0.15, 0.2) is 6.29 Å². The van der Waals surface area contributed by atoms with Gasteiger partial charge in [0.2, 0.25) is 0 Å². The SMILES string of the molecule is CO[C@@H]1C[C@H](N(C)C)[C@H](O)[C@@H](C)O1. The summed E-state index contributed by atoms with van der Waals surface area (Å²) < 4.78 is 10.6. The Morgan fingerprint density at radius 1 is 1.46 bits per heavy atom. The lowest BCUT2D eigenvalue weighted by Gasteiger charge is -2.40. The van der Waals surface area contributed by atoms with Crippen molar-refractivity contribution in [2.45, 2.75) is 37.9 Å². The zero-order chi connectivity index (χ0) is 10.0. The summed E-state index contributed by atoms with van der Waals surface area (Å²) in [7, 11) is 5.54. The van der Waals surface area contributed by atoms with Gasteiger partial charge in [-0.3, -0.25) is 0 Å². The summed E-state index contributed by atoms with van der Waals surface area (Å²) >= 11 is 0. The van der Waals surface area contributed by atoms with Crippen molar-refractivity contribution in [1.29, 1.82) is 0 Å². The van der Waals surface area contributed by atoms with Crippen molar-refractivity contribution < 1.29 is 14.6 Å². The fraction of sp³-hybridized carbons (Fsp3) is 1.00. The second kappa shape index (κ2) is 4.37. The Morgan fingerprint density at radius 2 is 2.08 bits per heavy atom. The molecular weight excluding hydrogens is 170 g/mol. The third kappa shape index (κ3) is 2.40. The molecule has 1 saturated heterocycles. The van der Waals surface area contributed by atoms with E-state index in [9.17, 15) is 5.11 Å². The first kappa shape index (κ1) is 10.9. The minimum absolute atomic E-state index is 0.119. The molecule has 1 aliphatic heterocycles. The predicted molar refractivity (Wildman–Crippen MR) is 49.4 cm³/mol. The van der Waals surface area contributed by atoms with Crippen molar-refractivity contribution in [3.63, 3.8) is 0 Å². The summed E-state index contributed by atoms with van der Waals surface area (Å²) in [5, 5.41) is 9.80. The van der Waals surface area contributed by atoms with Crippen LogP contribution in [0.3, 0.4) is 0 Å². The minimum Gasteiger partial charge on any atom is -0.389 e. The molecule has 1 heterocycles. The molecule has 4 nitrogen and oxygen atoms in total. The molecule has 0 bridgehead atoms. The number of hydrogen-bond donors (Lipinski definition) is 1. The van der Waals surface area contributed by atoms with E-state index in [1.54, 1.807) is 7.11 Å². The van der Waals surface area contributed by atoms with Gasteiger partial charge in [0, 0.05) is 19.6 Å². The molecule has 4 heteroatoms. The van der Waals surface area contributed by atoms with Crippen molar-refractivity contribution in [3.8, 4) is 0 Å². The number of likely N-dealkylation sites (N-methyl/N-ethyl adjacent to an activating group) is 1. The molecule has 0 amide bonds. The second-order valence-electron chi connectivity index (χ2n) is 3.76. The van der Waals surface area contributed by atoms with Crippen LogP contribution in [-0.4, -0.2) is 55.8 Å². The van der Waals surface area contributed by atoms with Crippen LogP contribution in [0.2, 0.25) is 0 Å². The van der Waals surface area contributed by atoms with Gasteiger partial charge in [0.1, 0.15) is 0 Å². The highest BCUT2D eigenvalue weighted by atomic mass is 16.7. The van der Waals surface area contributed by atoms with Crippen LogP contribution in [0.15, 0.2) is 0 Å². The van der Waals surface area contributed by atoms with E-state index in [2.05, 4.69) is 0 Å². The highest BCUT2D eigenvalue weighted by molar-refractivity contribution is 4.85. The van der Waals surface area contributed by atoms with E-state index in [1.807, 2.05) is 25.9 Å². The van der Waals surface area contributed by atoms with E-state index < -0.39 is 6.10 Å². The van der Waals surface area contributed by atoms with Crippen LogP contribution in [0, 0.1) is 0 Å². The number of hydrogen-bond acceptors (Lipinski definition) is 4. The van der Waals surface area contributed by atoms with Crippen LogP contribution in [0.1, 0.15) is 13.3 Å². The average molecular weight is 189 g/mol. The number of aliphatic hydroxyl groups is 1. The highest BCUT2D eigenvalue weighted by Crippen LogP contribution is 2.23. The van der Waals surface area contributed by atoms with Crippen molar-refractivity contribution in [1.82, 2.24) is 4.90 Å². The number of ether oxygens (including phenoxy) is 2. The molecular formula is C9H19NO3. The lowest BCUT2D eigenvalue weighted by Crippen LogP contribution is -2.53. The van der Waals surface area contributed by atoms with Crippen LogP contribution in [0.4, 0.5) is 0 Å². The molecule has 1 fully saturated rings. The van der Waals surface area contributed by atoms with Gasteiger partial charge in [-0.2, -0.15) is 0 Å². The Kier molecular flexibility index (Phi) is 3.67.